The Kier molecular flexibility index (Phi) is 4.67. The zero-order valence-electron chi connectivity index (χ0n) is 11.8. The molecule has 3 aromatic rings. The lowest BCUT2D eigenvalue weighted by Gasteiger charge is -2.05. The third-order valence-electron chi connectivity index (χ3n) is 2.85. The molecule has 1 N–H and O–H groups in total. The highest BCUT2D eigenvalue weighted by Gasteiger charge is 2.11. The van der Waals surface area contributed by atoms with Gasteiger partial charge in [0.25, 0.3) is 0 Å². The van der Waals surface area contributed by atoms with Gasteiger partial charge in [0.2, 0.25) is 11.1 Å². The number of nitrogens with zero attached hydrogens (tertiary/aromatic N) is 4. The largest absolute Gasteiger partial charge is 0.467 e. The van der Waals surface area contributed by atoms with Crippen molar-refractivity contribution < 1.29 is 13.6 Å². The maximum absolute atomic E-state index is 12.8. The van der Waals surface area contributed by atoms with E-state index < -0.39 is 0 Å². The van der Waals surface area contributed by atoms with Crippen LogP contribution in [-0.4, -0.2) is 31.9 Å². The monoisotopic (exact) mass is 333 g/mol. The Hall–Kier alpha value is -2.68. The summed E-state index contributed by atoms with van der Waals surface area (Å²) in [6, 6.07) is 9.16. The molecule has 0 aliphatic carbocycles. The summed E-state index contributed by atoms with van der Waals surface area (Å²) >= 11 is 1.21. The number of anilines is 1. The second kappa shape index (κ2) is 7.05. The lowest BCUT2D eigenvalue weighted by molar-refractivity contribution is -0.113. The van der Waals surface area contributed by atoms with Gasteiger partial charge >= 0.3 is 0 Å². The number of hydrogen-bond acceptors (Lipinski definition) is 6. The van der Waals surface area contributed by atoms with Crippen LogP contribution < -0.4 is 5.32 Å². The third kappa shape index (κ3) is 4.16. The number of nitrogens with one attached hydrogen (secondary N) is 1. The van der Waals surface area contributed by atoms with Crippen LogP contribution in [0.3, 0.4) is 0 Å². The number of carbonyl (C=O) groups is 1. The fraction of sp³-hybridized carbons (Fsp3) is 0.143. The molecule has 0 atom stereocenters. The van der Waals surface area contributed by atoms with E-state index in [9.17, 15) is 9.18 Å². The minimum atomic E-state index is -0.352. The normalized spacial score (nSPS) is 10.7. The quantitative estimate of drug-likeness (QED) is 0.696. The first-order valence-electron chi connectivity index (χ1n) is 6.67. The van der Waals surface area contributed by atoms with Crippen molar-refractivity contribution in [3.05, 3.63) is 54.2 Å². The lowest BCUT2D eigenvalue weighted by atomic mass is 10.3. The maximum Gasteiger partial charge on any atom is 0.234 e. The molecule has 0 radical (unpaired) electrons. The summed E-state index contributed by atoms with van der Waals surface area (Å²) < 4.78 is 19.6. The molecule has 7 nitrogen and oxygen atoms in total. The SMILES string of the molecule is O=C(CSc1nnnn1Cc1ccco1)Nc1ccc(F)cc1. The summed E-state index contributed by atoms with van der Waals surface area (Å²) in [6.45, 7) is 0.391. The summed E-state index contributed by atoms with van der Waals surface area (Å²) in [7, 11) is 0. The molecule has 0 spiro atoms. The van der Waals surface area contributed by atoms with Crippen molar-refractivity contribution in [2.45, 2.75) is 11.7 Å². The number of tetrazole rings is 1. The van der Waals surface area contributed by atoms with Gasteiger partial charge in [0.15, 0.2) is 0 Å². The van der Waals surface area contributed by atoms with Crippen molar-refractivity contribution in [3.63, 3.8) is 0 Å². The summed E-state index contributed by atoms with van der Waals surface area (Å²) in [6.07, 6.45) is 1.57. The van der Waals surface area contributed by atoms with Crippen molar-refractivity contribution in [1.82, 2.24) is 20.2 Å². The average molecular weight is 333 g/mol. The van der Waals surface area contributed by atoms with Gasteiger partial charge in [-0.05, 0) is 46.8 Å². The van der Waals surface area contributed by atoms with Crippen LogP contribution in [0.4, 0.5) is 10.1 Å². The van der Waals surface area contributed by atoms with Crippen LogP contribution in [0.1, 0.15) is 5.76 Å². The van der Waals surface area contributed by atoms with E-state index in [-0.39, 0.29) is 17.5 Å². The fourth-order valence-corrected chi connectivity index (χ4v) is 2.49. The number of carbonyl (C=O) groups excluding carboxylic acids is 1. The van der Waals surface area contributed by atoms with Gasteiger partial charge in [0.05, 0.1) is 12.0 Å². The Balaban J connectivity index is 1.55. The van der Waals surface area contributed by atoms with Crippen LogP contribution >= 0.6 is 11.8 Å². The van der Waals surface area contributed by atoms with E-state index in [0.717, 1.165) is 5.76 Å². The number of furan rings is 1. The standard InChI is InChI=1S/C14H12FN5O2S/c15-10-3-5-11(6-4-10)16-13(21)9-23-14-17-18-19-20(14)8-12-2-1-7-22-12/h1-7H,8-9H2,(H,16,21). The zero-order chi connectivity index (χ0) is 16.1. The topological polar surface area (TPSA) is 85.8 Å². The van der Waals surface area contributed by atoms with E-state index in [1.807, 2.05) is 6.07 Å². The number of amides is 1. The molecule has 2 heterocycles. The third-order valence-corrected chi connectivity index (χ3v) is 3.80. The van der Waals surface area contributed by atoms with Crippen molar-refractivity contribution in [3.8, 4) is 0 Å². The van der Waals surface area contributed by atoms with Crippen LogP contribution in [0.2, 0.25) is 0 Å². The van der Waals surface area contributed by atoms with Crippen molar-refractivity contribution in [2.75, 3.05) is 11.1 Å². The number of rotatable bonds is 6. The first-order valence-corrected chi connectivity index (χ1v) is 7.66. The Morgan fingerprint density at radius 2 is 2.13 bits per heavy atom. The van der Waals surface area contributed by atoms with Crippen LogP contribution in [-0.2, 0) is 11.3 Å². The first-order chi connectivity index (χ1) is 11.2. The molecule has 0 saturated carbocycles. The molecule has 0 aliphatic heterocycles. The number of aromatic nitrogens is 4. The lowest BCUT2D eigenvalue weighted by Crippen LogP contribution is -2.14. The Morgan fingerprint density at radius 1 is 1.30 bits per heavy atom. The molecule has 23 heavy (non-hydrogen) atoms. The molecule has 2 aromatic heterocycles. The highest BCUT2D eigenvalue weighted by atomic mass is 32.2. The molecule has 3 rings (SSSR count). The Labute approximate surface area is 134 Å². The van der Waals surface area contributed by atoms with Gasteiger partial charge in [0, 0.05) is 5.69 Å². The van der Waals surface area contributed by atoms with Gasteiger partial charge in [-0.1, -0.05) is 11.8 Å². The predicted molar refractivity (Wildman–Crippen MR) is 81.4 cm³/mol. The van der Waals surface area contributed by atoms with Gasteiger partial charge in [-0.3, -0.25) is 4.79 Å². The molecule has 0 saturated heterocycles. The van der Waals surface area contributed by atoms with Crippen LogP contribution in [0.15, 0.2) is 52.2 Å². The maximum atomic E-state index is 12.8. The molecular weight excluding hydrogens is 321 g/mol. The summed E-state index contributed by atoms with van der Waals surface area (Å²) in [5, 5.41) is 14.5. The van der Waals surface area contributed by atoms with E-state index in [2.05, 4.69) is 20.8 Å². The van der Waals surface area contributed by atoms with Gasteiger partial charge in [-0.2, -0.15) is 0 Å². The fourth-order valence-electron chi connectivity index (χ4n) is 1.81. The van der Waals surface area contributed by atoms with E-state index in [1.54, 1.807) is 17.0 Å². The molecular formula is C14H12FN5O2S. The summed E-state index contributed by atoms with van der Waals surface area (Å²) in [5.41, 5.74) is 0.534. The van der Waals surface area contributed by atoms with Crippen molar-refractivity contribution in [2.24, 2.45) is 0 Å². The minimum absolute atomic E-state index is 0.135. The van der Waals surface area contributed by atoms with E-state index in [4.69, 9.17) is 4.42 Å². The summed E-state index contributed by atoms with van der Waals surface area (Å²) in [5.74, 6) is 0.272. The first kappa shape index (κ1) is 15.2. The van der Waals surface area contributed by atoms with Gasteiger partial charge in [0.1, 0.15) is 18.1 Å². The molecule has 9 heteroatoms. The van der Waals surface area contributed by atoms with Crippen LogP contribution in [0.25, 0.3) is 0 Å². The zero-order valence-corrected chi connectivity index (χ0v) is 12.7. The average Bonchev–Trinajstić information content (AvgIpc) is 3.20. The smallest absolute Gasteiger partial charge is 0.234 e. The Morgan fingerprint density at radius 3 is 2.87 bits per heavy atom. The van der Waals surface area contributed by atoms with Gasteiger partial charge in [-0.15, -0.1) is 5.10 Å². The van der Waals surface area contributed by atoms with Gasteiger partial charge in [-0.25, -0.2) is 9.07 Å². The van der Waals surface area contributed by atoms with Crippen LogP contribution in [0.5, 0.6) is 0 Å². The number of benzene rings is 1. The highest BCUT2D eigenvalue weighted by molar-refractivity contribution is 7.99. The number of thioether (sulfide) groups is 1. The highest BCUT2D eigenvalue weighted by Crippen LogP contribution is 2.16. The van der Waals surface area contributed by atoms with E-state index in [1.165, 1.54) is 36.0 Å². The van der Waals surface area contributed by atoms with E-state index >= 15 is 0 Å². The van der Waals surface area contributed by atoms with Gasteiger partial charge < -0.3 is 9.73 Å². The second-order valence-electron chi connectivity index (χ2n) is 4.54. The Bertz CT molecular complexity index is 773. The van der Waals surface area contributed by atoms with E-state index in [0.29, 0.717) is 17.4 Å². The molecule has 0 fully saturated rings. The summed E-state index contributed by atoms with van der Waals surface area (Å²) in [4.78, 5) is 11.9. The van der Waals surface area contributed by atoms with Crippen LogP contribution in [0, 0.1) is 5.82 Å². The molecule has 0 aliphatic rings. The van der Waals surface area contributed by atoms with Crippen molar-refractivity contribution in [1.29, 1.82) is 0 Å². The molecule has 118 valence electrons. The number of hydrogen-bond donors (Lipinski definition) is 1. The molecule has 1 amide bonds. The molecule has 1 aromatic carbocycles. The van der Waals surface area contributed by atoms with Crippen molar-refractivity contribution >= 4 is 23.4 Å². The minimum Gasteiger partial charge on any atom is -0.467 e. The second-order valence-corrected chi connectivity index (χ2v) is 5.48. The molecule has 0 bridgehead atoms. The predicted octanol–water partition coefficient (Wildman–Crippen LogP) is 2.18. The molecule has 0 unspecified atom stereocenters. The number of halogens is 1.